The van der Waals surface area contributed by atoms with Crippen molar-refractivity contribution in [3.05, 3.63) is 72.9 Å². The summed E-state index contributed by atoms with van der Waals surface area (Å²) in [6.07, 6.45) is 38.2. The van der Waals surface area contributed by atoms with Gasteiger partial charge in [0.05, 0.1) is 12.7 Å². The summed E-state index contributed by atoms with van der Waals surface area (Å²) in [5.74, 6) is -1.18. The van der Waals surface area contributed by atoms with E-state index in [2.05, 4.69) is 67.0 Å². The van der Waals surface area contributed by atoms with E-state index in [0.29, 0.717) is 6.42 Å². The van der Waals surface area contributed by atoms with E-state index in [4.69, 9.17) is 19.3 Å². The average molecular weight is 695 g/mol. The number of hydrogen-bond acceptors (Lipinski definition) is 7. The largest absolute Gasteiger partial charge is 0.469 e. The van der Waals surface area contributed by atoms with Gasteiger partial charge in [-0.15, -0.1) is 0 Å². The van der Waals surface area contributed by atoms with Crippen LogP contribution < -0.4 is 0 Å². The van der Waals surface area contributed by atoms with Gasteiger partial charge in [-0.05, 0) is 44.9 Å². The van der Waals surface area contributed by atoms with Crippen LogP contribution in [0.2, 0.25) is 0 Å². The Bertz CT molecular complexity index is 1020. The van der Waals surface area contributed by atoms with Gasteiger partial charge in [0.2, 0.25) is 0 Å². The Balaban J connectivity index is 4.28. The minimum atomic E-state index is -4.82. The summed E-state index contributed by atoms with van der Waals surface area (Å²) in [6.45, 7) is 3.32. The van der Waals surface area contributed by atoms with Gasteiger partial charge in [-0.3, -0.25) is 14.1 Å². The zero-order chi connectivity index (χ0) is 35.6. The van der Waals surface area contributed by atoms with Crippen molar-refractivity contribution in [2.75, 3.05) is 13.2 Å². The molecule has 0 aliphatic heterocycles. The summed E-state index contributed by atoms with van der Waals surface area (Å²) in [7, 11) is -4.82. The lowest BCUT2D eigenvalue weighted by atomic mass is 10.1. The van der Waals surface area contributed by atoms with Crippen LogP contribution in [-0.4, -0.2) is 52.3 Å². The molecule has 0 aliphatic carbocycles. The summed E-state index contributed by atoms with van der Waals surface area (Å²) in [5, 5.41) is 10.2. The smallest absolute Gasteiger partial charge is 0.462 e. The molecule has 0 aromatic heterocycles. The first-order chi connectivity index (χ1) is 23.2. The summed E-state index contributed by atoms with van der Waals surface area (Å²) in [6, 6.07) is 0. The number of unbranched alkanes of at least 4 members (excludes halogenated alkanes) is 9. The van der Waals surface area contributed by atoms with Crippen molar-refractivity contribution < 1.29 is 43.0 Å². The molecule has 48 heavy (non-hydrogen) atoms. The number of aliphatic hydroxyl groups is 1. The third kappa shape index (κ3) is 34.8. The fraction of sp³-hybridized carbons (Fsp3) is 0.632. The zero-order valence-corrected chi connectivity index (χ0v) is 30.4. The molecule has 0 amide bonds. The van der Waals surface area contributed by atoms with Gasteiger partial charge >= 0.3 is 19.8 Å². The molecule has 9 nitrogen and oxygen atoms in total. The molecule has 0 aliphatic rings. The standard InChI is InChI=1S/C38H63O9P/c1-3-5-7-9-11-13-15-16-17-18-19-20-21-23-25-27-29-35(39)31-32-38(41)47-36(34-46-48(42,43)44)33-45-37(40)30-28-26-24-22-14-12-10-8-6-4-2/h5,7,11,13,16-17,19-20,23,25,27,29,35-36,39H,3-4,6,8-10,12,14-15,18,21-22,24,26,28,30-34H2,1-2H3,(H2,42,43,44)/b7-5-,13-11-,17-16-,20-19-,25-23-,29-27-/t35?,36-/m1/s1. The Morgan fingerprint density at radius 3 is 1.71 bits per heavy atom. The molecule has 0 aromatic carbocycles. The molecule has 2 atom stereocenters. The first-order valence-electron chi connectivity index (χ1n) is 17.8. The van der Waals surface area contributed by atoms with Crippen molar-refractivity contribution in [2.24, 2.45) is 0 Å². The number of allylic oxidation sites excluding steroid dienone is 11. The van der Waals surface area contributed by atoms with Gasteiger partial charge in [0, 0.05) is 12.8 Å². The highest BCUT2D eigenvalue weighted by Gasteiger charge is 2.23. The van der Waals surface area contributed by atoms with E-state index in [1.807, 2.05) is 12.2 Å². The molecule has 0 spiro atoms. The SMILES string of the molecule is CC/C=C\C/C=C\C/C=C\C/C=C\C/C=C\C=C/C(O)CCC(=O)O[C@H](COC(=O)CCCCCCCCCCCC)COP(=O)(O)O. The lowest BCUT2D eigenvalue weighted by Gasteiger charge is -2.18. The molecular weight excluding hydrogens is 631 g/mol. The van der Waals surface area contributed by atoms with E-state index < -0.39 is 38.6 Å². The predicted molar refractivity (Wildman–Crippen MR) is 194 cm³/mol. The highest BCUT2D eigenvalue weighted by molar-refractivity contribution is 7.46. The third-order valence-corrected chi connectivity index (χ3v) is 7.59. The molecule has 274 valence electrons. The Hall–Kier alpha value is -2.55. The molecule has 0 radical (unpaired) electrons. The average Bonchev–Trinajstić information content (AvgIpc) is 3.05. The Morgan fingerprint density at radius 1 is 0.646 bits per heavy atom. The molecule has 0 saturated carbocycles. The monoisotopic (exact) mass is 694 g/mol. The van der Waals surface area contributed by atoms with E-state index in [-0.39, 0.29) is 25.9 Å². The van der Waals surface area contributed by atoms with E-state index in [1.54, 1.807) is 12.2 Å². The lowest BCUT2D eigenvalue weighted by molar-refractivity contribution is -0.161. The Morgan fingerprint density at radius 2 is 1.17 bits per heavy atom. The maximum Gasteiger partial charge on any atom is 0.469 e. The van der Waals surface area contributed by atoms with Crippen LogP contribution in [0.3, 0.4) is 0 Å². The van der Waals surface area contributed by atoms with E-state index >= 15 is 0 Å². The zero-order valence-electron chi connectivity index (χ0n) is 29.5. The Kier molecular flexibility index (Phi) is 31.2. The number of aliphatic hydroxyl groups excluding tert-OH is 1. The van der Waals surface area contributed by atoms with Gasteiger partial charge in [-0.1, -0.05) is 145 Å². The fourth-order valence-corrected chi connectivity index (χ4v) is 4.78. The highest BCUT2D eigenvalue weighted by atomic mass is 31.2. The number of phosphoric acid groups is 1. The summed E-state index contributed by atoms with van der Waals surface area (Å²) < 4.78 is 26.0. The van der Waals surface area contributed by atoms with Crippen molar-refractivity contribution in [1.82, 2.24) is 0 Å². The topological polar surface area (TPSA) is 140 Å². The molecule has 0 rings (SSSR count). The van der Waals surface area contributed by atoms with Crippen LogP contribution >= 0.6 is 7.82 Å². The normalized spacial score (nSPS) is 14.0. The second-order valence-corrected chi connectivity index (χ2v) is 12.9. The van der Waals surface area contributed by atoms with Crippen LogP contribution in [0.1, 0.15) is 129 Å². The van der Waals surface area contributed by atoms with Crippen LogP contribution in [0.15, 0.2) is 72.9 Å². The number of carbonyl (C=O) groups excluding carboxylic acids is 2. The predicted octanol–water partition coefficient (Wildman–Crippen LogP) is 9.31. The maximum absolute atomic E-state index is 12.3. The number of rotatable bonds is 31. The number of ether oxygens (including phenoxy) is 2. The summed E-state index contributed by atoms with van der Waals surface area (Å²) in [5.41, 5.74) is 0. The van der Waals surface area contributed by atoms with Crippen LogP contribution in [-0.2, 0) is 28.2 Å². The molecular formula is C38H63O9P. The molecule has 0 saturated heterocycles. The lowest BCUT2D eigenvalue weighted by Crippen LogP contribution is -2.29. The van der Waals surface area contributed by atoms with Crippen molar-refractivity contribution in [3.63, 3.8) is 0 Å². The highest BCUT2D eigenvalue weighted by Crippen LogP contribution is 2.35. The molecule has 1 unspecified atom stereocenters. The van der Waals surface area contributed by atoms with Gasteiger partial charge in [0.25, 0.3) is 0 Å². The van der Waals surface area contributed by atoms with E-state index in [1.165, 1.54) is 38.5 Å². The van der Waals surface area contributed by atoms with Gasteiger partial charge in [0.15, 0.2) is 6.10 Å². The molecule has 3 N–H and O–H groups in total. The van der Waals surface area contributed by atoms with Crippen LogP contribution in [0.4, 0.5) is 0 Å². The first-order valence-corrected chi connectivity index (χ1v) is 19.4. The van der Waals surface area contributed by atoms with Crippen molar-refractivity contribution in [2.45, 2.75) is 142 Å². The number of phosphoric ester groups is 1. The maximum atomic E-state index is 12.3. The van der Waals surface area contributed by atoms with Crippen molar-refractivity contribution in [3.8, 4) is 0 Å². The van der Waals surface area contributed by atoms with E-state index in [9.17, 15) is 19.3 Å². The molecule has 0 fully saturated rings. The van der Waals surface area contributed by atoms with Gasteiger partial charge in [0.1, 0.15) is 6.61 Å². The summed E-state index contributed by atoms with van der Waals surface area (Å²) in [4.78, 5) is 42.6. The summed E-state index contributed by atoms with van der Waals surface area (Å²) >= 11 is 0. The Labute approximate surface area is 290 Å². The second-order valence-electron chi connectivity index (χ2n) is 11.7. The number of esters is 2. The van der Waals surface area contributed by atoms with Crippen LogP contribution in [0.25, 0.3) is 0 Å². The van der Waals surface area contributed by atoms with E-state index in [0.717, 1.165) is 51.4 Å². The molecule has 0 heterocycles. The molecule has 0 bridgehead atoms. The molecule has 10 heteroatoms. The number of carbonyl (C=O) groups is 2. The van der Waals surface area contributed by atoms with Crippen LogP contribution in [0.5, 0.6) is 0 Å². The van der Waals surface area contributed by atoms with Crippen molar-refractivity contribution >= 4 is 19.8 Å². The second kappa shape index (κ2) is 33.0. The van der Waals surface area contributed by atoms with Crippen molar-refractivity contribution in [1.29, 1.82) is 0 Å². The first kappa shape index (κ1) is 45.5. The van der Waals surface area contributed by atoms with Gasteiger partial charge in [-0.25, -0.2) is 4.57 Å². The van der Waals surface area contributed by atoms with Crippen LogP contribution in [0, 0.1) is 0 Å². The molecule has 0 aromatic rings. The minimum absolute atomic E-state index is 0.0879. The van der Waals surface area contributed by atoms with Gasteiger partial charge in [-0.2, -0.15) is 0 Å². The minimum Gasteiger partial charge on any atom is -0.462 e. The number of hydrogen-bond donors (Lipinski definition) is 3. The quantitative estimate of drug-likeness (QED) is 0.0213. The van der Waals surface area contributed by atoms with Gasteiger partial charge < -0.3 is 24.4 Å². The fourth-order valence-electron chi connectivity index (χ4n) is 4.42. The third-order valence-electron chi connectivity index (χ3n) is 7.11.